The lowest BCUT2D eigenvalue weighted by Crippen LogP contribution is -2.38. The van der Waals surface area contributed by atoms with E-state index in [9.17, 15) is 4.79 Å². The summed E-state index contributed by atoms with van der Waals surface area (Å²) in [5.74, 6) is 0.930. The number of nitrogens with two attached hydrogens (primary N) is 1. The van der Waals surface area contributed by atoms with Crippen LogP contribution in [0.15, 0.2) is 4.52 Å². The van der Waals surface area contributed by atoms with Gasteiger partial charge in [-0.15, -0.1) is 0 Å². The van der Waals surface area contributed by atoms with E-state index < -0.39 is 0 Å². The average Bonchev–Trinajstić information content (AvgIpc) is 2.84. The molecule has 1 fully saturated rings. The first-order valence-corrected chi connectivity index (χ1v) is 5.49. The summed E-state index contributed by atoms with van der Waals surface area (Å²) in [5, 5.41) is 6.48. The minimum atomic E-state index is -0.0620. The van der Waals surface area contributed by atoms with Crippen LogP contribution in [0.2, 0.25) is 0 Å². The molecule has 0 aliphatic heterocycles. The smallest absolute Gasteiger partial charge is 0.225 e. The maximum Gasteiger partial charge on any atom is 0.225 e. The van der Waals surface area contributed by atoms with Gasteiger partial charge in [-0.2, -0.15) is 4.98 Å². The fourth-order valence-corrected chi connectivity index (χ4v) is 2.02. The van der Waals surface area contributed by atoms with Crippen molar-refractivity contribution in [1.82, 2.24) is 15.5 Å². The van der Waals surface area contributed by atoms with Crippen LogP contribution in [-0.4, -0.2) is 22.1 Å². The Bertz CT molecular complexity index is 377. The summed E-state index contributed by atoms with van der Waals surface area (Å²) in [7, 11) is 0. The predicted octanol–water partition coefficient (Wildman–Crippen LogP) is 0.122. The molecule has 0 saturated heterocycles. The topological polar surface area (TPSA) is 94.0 Å². The summed E-state index contributed by atoms with van der Waals surface area (Å²) in [6.45, 7) is 2.02. The van der Waals surface area contributed by atoms with E-state index in [4.69, 9.17) is 10.3 Å². The van der Waals surface area contributed by atoms with Crippen LogP contribution in [0.5, 0.6) is 0 Å². The second kappa shape index (κ2) is 4.61. The first-order chi connectivity index (χ1) is 7.66. The van der Waals surface area contributed by atoms with E-state index in [-0.39, 0.29) is 17.9 Å². The van der Waals surface area contributed by atoms with Crippen molar-refractivity contribution in [2.75, 3.05) is 0 Å². The van der Waals surface area contributed by atoms with Crippen LogP contribution in [0, 0.1) is 12.8 Å². The molecule has 1 heterocycles. The second-order valence-corrected chi connectivity index (χ2v) is 4.15. The van der Waals surface area contributed by atoms with Gasteiger partial charge >= 0.3 is 0 Å². The lowest BCUT2D eigenvalue weighted by Gasteiger charge is -2.13. The molecule has 6 nitrogen and oxygen atoms in total. The van der Waals surface area contributed by atoms with Crippen LogP contribution in [0.4, 0.5) is 0 Å². The van der Waals surface area contributed by atoms with Crippen LogP contribution < -0.4 is 11.1 Å². The Balaban J connectivity index is 1.83. The molecule has 0 spiro atoms. The Morgan fingerprint density at radius 1 is 1.62 bits per heavy atom. The molecular weight excluding hydrogens is 208 g/mol. The molecule has 0 radical (unpaired) electrons. The number of aromatic nitrogens is 2. The molecule has 1 aromatic heterocycles. The van der Waals surface area contributed by atoms with Gasteiger partial charge in [-0.05, 0) is 12.8 Å². The number of aryl methyl sites for hydroxylation is 1. The molecule has 2 atom stereocenters. The molecule has 1 aliphatic carbocycles. The zero-order valence-electron chi connectivity index (χ0n) is 9.27. The standard InChI is InChI=1S/C10H16N4O2/c1-6-13-9(14-16-6)5-12-10(15)7-3-2-4-8(7)11/h7-8H,2-5,11H2,1H3,(H,12,15). The normalized spacial score (nSPS) is 24.6. The van der Waals surface area contributed by atoms with Gasteiger partial charge in [-0.3, -0.25) is 4.79 Å². The van der Waals surface area contributed by atoms with Crippen LogP contribution in [0.25, 0.3) is 0 Å². The number of carbonyl (C=O) groups excluding carboxylic acids is 1. The molecule has 1 aliphatic rings. The van der Waals surface area contributed by atoms with Gasteiger partial charge in [0.2, 0.25) is 11.8 Å². The third-order valence-electron chi connectivity index (χ3n) is 2.90. The Hall–Kier alpha value is -1.43. The first kappa shape index (κ1) is 11.1. The molecule has 88 valence electrons. The third-order valence-corrected chi connectivity index (χ3v) is 2.90. The predicted molar refractivity (Wildman–Crippen MR) is 56.2 cm³/mol. The van der Waals surface area contributed by atoms with Crippen molar-refractivity contribution in [1.29, 1.82) is 0 Å². The number of hydrogen-bond donors (Lipinski definition) is 2. The number of amides is 1. The molecule has 1 amide bonds. The van der Waals surface area contributed by atoms with Crippen LogP contribution in [0.3, 0.4) is 0 Å². The molecule has 1 saturated carbocycles. The van der Waals surface area contributed by atoms with Crippen molar-refractivity contribution in [2.45, 2.75) is 38.8 Å². The zero-order chi connectivity index (χ0) is 11.5. The van der Waals surface area contributed by atoms with E-state index in [1.54, 1.807) is 6.92 Å². The van der Waals surface area contributed by atoms with Crippen molar-refractivity contribution in [3.05, 3.63) is 11.7 Å². The summed E-state index contributed by atoms with van der Waals surface area (Å²) in [5.41, 5.74) is 5.84. The Morgan fingerprint density at radius 2 is 2.44 bits per heavy atom. The fourth-order valence-electron chi connectivity index (χ4n) is 2.02. The lowest BCUT2D eigenvalue weighted by molar-refractivity contribution is -0.125. The van der Waals surface area contributed by atoms with Gasteiger partial charge < -0.3 is 15.6 Å². The van der Waals surface area contributed by atoms with Gasteiger partial charge in [0.05, 0.1) is 12.5 Å². The number of nitrogens with zero attached hydrogens (tertiary/aromatic N) is 2. The van der Waals surface area contributed by atoms with Crippen molar-refractivity contribution in [3.8, 4) is 0 Å². The maximum atomic E-state index is 11.8. The molecule has 2 unspecified atom stereocenters. The van der Waals surface area contributed by atoms with E-state index in [1.807, 2.05) is 0 Å². The molecule has 2 rings (SSSR count). The zero-order valence-corrected chi connectivity index (χ0v) is 9.27. The number of rotatable bonds is 3. The van der Waals surface area contributed by atoms with E-state index in [0.717, 1.165) is 19.3 Å². The Labute approximate surface area is 93.6 Å². The molecule has 6 heteroatoms. The summed E-state index contributed by atoms with van der Waals surface area (Å²) in [4.78, 5) is 15.8. The highest BCUT2D eigenvalue weighted by atomic mass is 16.5. The van der Waals surface area contributed by atoms with Crippen molar-refractivity contribution in [3.63, 3.8) is 0 Å². The van der Waals surface area contributed by atoms with Gasteiger partial charge in [0.1, 0.15) is 0 Å². The fraction of sp³-hybridized carbons (Fsp3) is 0.700. The largest absolute Gasteiger partial charge is 0.348 e. The minimum absolute atomic E-state index is 0.00699. The van der Waals surface area contributed by atoms with Crippen LogP contribution >= 0.6 is 0 Å². The van der Waals surface area contributed by atoms with E-state index >= 15 is 0 Å². The summed E-state index contributed by atoms with van der Waals surface area (Å²) < 4.78 is 4.81. The Morgan fingerprint density at radius 3 is 3.00 bits per heavy atom. The average molecular weight is 224 g/mol. The van der Waals surface area contributed by atoms with Gasteiger partial charge in [0, 0.05) is 13.0 Å². The van der Waals surface area contributed by atoms with Crippen molar-refractivity contribution < 1.29 is 9.32 Å². The maximum absolute atomic E-state index is 11.8. The molecule has 3 N–H and O–H groups in total. The highest BCUT2D eigenvalue weighted by Gasteiger charge is 2.30. The quantitative estimate of drug-likeness (QED) is 0.760. The molecular formula is C10H16N4O2. The van der Waals surface area contributed by atoms with E-state index in [0.29, 0.717) is 18.3 Å². The van der Waals surface area contributed by atoms with Gasteiger partial charge in [0.15, 0.2) is 5.82 Å². The molecule has 0 bridgehead atoms. The highest BCUT2D eigenvalue weighted by Crippen LogP contribution is 2.23. The van der Waals surface area contributed by atoms with Crippen LogP contribution in [0.1, 0.15) is 31.0 Å². The van der Waals surface area contributed by atoms with Gasteiger partial charge in [-0.1, -0.05) is 11.6 Å². The molecule has 0 aromatic carbocycles. The third kappa shape index (κ3) is 2.38. The number of hydrogen-bond acceptors (Lipinski definition) is 5. The van der Waals surface area contributed by atoms with Crippen LogP contribution in [-0.2, 0) is 11.3 Å². The summed E-state index contributed by atoms with van der Waals surface area (Å²) in [6, 6.07) is -0.00740. The van der Waals surface area contributed by atoms with Gasteiger partial charge in [-0.25, -0.2) is 0 Å². The number of nitrogens with one attached hydrogen (secondary N) is 1. The lowest BCUT2D eigenvalue weighted by atomic mass is 10.0. The van der Waals surface area contributed by atoms with E-state index in [2.05, 4.69) is 15.5 Å². The number of carbonyl (C=O) groups is 1. The van der Waals surface area contributed by atoms with Gasteiger partial charge in [0.25, 0.3) is 0 Å². The highest BCUT2D eigenvalue weighted by molar-refractivity contribution is 5.79. The SMILES string of the molecule is Cc1nc(CNC(=O)C2CCCC2N)no1. The monoisotopic (exact) mass is 224 g/mol. The summed E-state index contributed by atoms with van der Waals surface area (Å²) in [6.07, 6.45) is 2.83. The molecule has 1 aromatic rings. The van der Waals surface area contributed by atoms with E-state index in [1.165, 1.54) is 0 Å². The Kier molecular flexibility index (Phi) is 3.19. The summed E-state index contributed by atoms with van der Waals surface area (Å²) >= 11 is 0. The minimum Gasteiger partial charge on any atom is -0.348 e. The second-order valence-electron chi connectivity index (χ2n) is 4.15. The van der Waals surface area contributed by atoms with Crippen molar-refractivity contribution in [2.24, 2.45) is 11.7 Å². The van der Waals surface area contributed by atoms with Crippen molar-refractivity contribution >= 4 is 5.91 Å². The molecule has 16 heavy (non-hydrogen) atoms. The first-order valence-electron chi connectivity index (χ1n) is 5.49.